The van der Waals surface area contributed by atoms with Gasteiger partial charge in [-0.15, -0.1) is 0 Å². The molecule has 2 aromatic carbocycles. The van der Waals surface area contributed by atoms with Gasteiger partial charge in [0.25, 0.3) is 5.91 Å². The number of nitrogens with two attached hydrogens (primary N) is 1. The largest absolute Gasteiger partial charge is 0.497 e. The van der Waals surface area contributed by atoms with Crippen molar-refractivity contribution in [2.75, 3.05) is 27.9 Å². The maximum absolute atomic E-state index is 13.0. The summed E-state index contributed by atoms with van der Waals surface area (Å²) in [7, 11) is 0.526. The van der Waals surface area contributed by atoms with Gasteiger partial charge in [0.1, 0.15) is 22.1 Å². The van der Waals surface area contributed by atoms with E-state index < -0.39 is 10.0 Å². The molecule has 9 heteroatoms. The van der Waals surface area contributed by atoms with Gasteiger partial charge in [-0.3, -0.25) is 4.79 Å². The topological polar surface area (TPSA) is 108 Å². The van der Waals surface area contributed by atoms with Gasteiger partial charge in [-0.2, -0.15) is 0 Å². The van der Waals surface area contributed by atoms with Gasteiger partial charge in [0.05, 0.1) is 21.3 Å². The molecule has 0 saturated heterocycles. The first-order valence-electron chi connectivity index (χ1n) is 8.51. The number of benzene rings is 2. The number of amides is 1. The van der Waals surface area contributed by atoms with Gasteiger partial charge < -0.3 is 19.1 Å². The second kappa shape index (κ2) is 7.69. The van der Waals surface area contributed by atoms with E-state index in [2.05, 4.69) is 0 Å². The Morgan fingerprint density at radius 3 is 2.14 bits per heavy atom. The van der Waals surface area contributed by atoms with Crippen molar-refractivity contribution >= 4 is 15.9 Å². The van der Waals surface area contributed by atoms with Gasteiger partial charge in [0, 0.05) is 24.7 Å². The summed E-state index contributed by atoms with van der Waals surface area (Å²) in [6.45, 7) is 0.775. The number of ether oxygens (including phenoxy) is 3. The Morgan fingerprint density at radius 1 is 0.964 bits per heavy atom. The highest BCUT2D eigenvalue weighted by atomic mass is 32.2. The first kappa shape index (κ1) is 20.0. The van der Waals surface area contributed by atoms with Crippen LogP contribution in [0, 0.1) is 0 Å². The molecular weight excluding hydrogens is 384 g/mol. The van der Waals surface area contributed by atoms with E-state index in [0.29, 0.717) is 36.6 Å². The van der Waals surface area contributed by atoms with Gasteiger partial charge in [-0.1, -0.05) is 0 Å². The Labute approximate surface area is 163 Å². The molecule has 0 fully saturated rings. The summed E-state index contributed by atoms with van der Waals surface area (Å²) in [5.41, 5.74) is 2.10. The zero-order valence-corrected chi connectivity index (χ0v) is 16.7. The predicted octanol–water partition coefficient (Wildman–Crippen LogP) is 1.56. The molecule has 0 bridgehead atoms. The molecule has 3 rings (SSSR count). The van der Waals surface area contributed by atoms with Crippen LogP contribution in [0.2, 0.25) is 0 Å². The molecule has 0 unspecified atom stereocenters. The minimum atomic E-state index is -3.90. The van der Waals surface area contributed by atoms with Gasteiger partial charge in [-0.05, 0) is 41.8 Å². The van der Waals surface area contributed by atoms with Crippen molar-refractivity contribution in [1.29, 1.82) is 0 Å². The number of rotatable bonds is 5. The number of primary sulfonamides is 1. The summed E-state index contributed by atoms with van der Waals surface area (Å²) in [5, 5.41) is 5.28. The van der Waals surface area contributed by atoms with E-state index in [1.54, 1.807) is 29.2 Å². The number of nitrogens with zero attached hydrogens (tertiary/aromatic N) is 1. The van der Waals surface area contributed by atoms with E-state index in [-0.39, 0.29) is 16.6 Å². The number of hydrogen-bond donors (Lipinski definition) is 1. The van der Waals surface area contributed by atoms with Crippen LogP contribution in [0.4, 0.5) is 0 Å². The molecule has 0 aromatic heterocycles. The third kappa shape index (κ3) is 3.90. The average Bonchev–Trinajstić information content (AvgIpc) is 2.70. The third-order valence-electron chi connectivity index (χ3n) is 4.69. The molecule has 0 spiro atoms. The highest BCUT2D eigenvalue weighted by Gasteiger charge is 2.26. The van der Waals surface area contributed by atoms with Crippen LogP contribution in [0.25, 0.3) is 0 Å². The number of hydrogen-bond acceptors (Lipinski definition) is 6. The maximum Gasteiger partial charge on any atom is 0.254 e. The molecule has 1 aliphatic heterocycles. The number of fused-ring (bicyclic) bond motifs is 1. The minimum absolute atomic E-state index is 0.0499. The molecule has 1 amide bonds. The van der Waals surface area contributed by atoms with Crippen LogP contribution < -0.4 is 19.3 Å². The number of methoxy groups -OCH3 is 3. The molecule has 0 saturated carbocycles. The smallest absolute Gasteiger partial charge is 0.254 e. The summed E-state index contributed by atoms with van der Waals surface area (Å²) in [5.74, 6) is 1.05. The van der Waals surface area contributed by atoms with E-state index in [1.165, 1.54) is 27.4 Å². The molecule has 28 heavy (non-hydrogen) atoms. The first-order chi connectivity index (χ1) is 13.3. The van der Waals surface area contributed by atoms with Crippen LogP contribution in [-0.4, -0.2) is 47.1 Å². The second-order valence-electron chi connectivity index (χ2n) is 6.39. The lowest BCUT2D eigenvalue weighted by atomic mass is 9.98. The normalized spacial score (nSPS) is 13.6. The molecule has 0 atom stereocenters. The maximum atomic E-state index is 13.0. The van der Waals surface area contributed by atoms with E-state index >= 15 is 0 Å². The number of carbonyl (C=O) groups is 1. The molecular formula is C19H22N2O6S. The first-order valence-corrected chi connectivity index (χ1v) is 10.1. The average molecular weight is 406 g/mol. The molecule has 0 radical (unpaired) electrons. The van der Waals surface area contributed by atoms with Crippen molar-refractivity contribution in [3.63, 3.8) is 0 Å². The molecule has 1 aliphatic rings. The fourth-order valence-corrected chi connectivity index (χ4v) is 3.96. The summed E-state index contributed by atoms with van der Waals surface area (Å²) < 4.78 is 39.2. The summed E-state index contributed by atoms with van der Waals surface area (Å²) in [4.78, 5) is 14.6. The predicted molar refractivity (Wildman–Crippen MR) is 102 cm³/mol. The SMILES string of the molecule is COc1cc(OC)cc(C(=O)N2CCc3cc(S(N)(=O)=O)c(OC)cc3C2)c1. The molecule has 2 aromatic rings. The lowest BCUT2D eigenvalue weighted by molar-refractivity contribution is 0.0733. The zero-order valence-electron chi connectivity index (χ0n) is 15.9. The highest BCUT2D eigenvalue weighted by Crippen LogP contribution is 2.31. The van der Waals surface area contributed by atoms with Crippen molar-refractivity contribution < 1.29 is 27.4 Å². The van der Waals surface area contributed by atoms with Gasteiger partial charge in [-0.25, -0.2) is 13.6 Å². The van der Waals surface area contributed by atoms with Crippen LogP contribution >= 0.6 is 0 Å². The van der Waals surface area contributed by atoms with Crippen LogP contribution in [-0.2, 0) is 23.0 Å². The van der Waals surface area contributed by atoms with E-state index in [1.807, 2.05) is 0 Å². The Kier molecular flexibility index (Phi) is 5.48. The monoisotopic (exact) mass is 406 g/mol. The summed E-state index contributed by atoms with van der Waals surface area (Å²) in [6, 6.07) is 8.17. The number of carbonyl (C=O) groups excluding carboxylic acids is 1. The van der Waals surface area contributed by atoms with Crippen molar-refractivity contribution in [1.82, 2.24) is 4.90 Å². The number of sulfonamides is 1. The minimum Gasteiger partial charge on any atom is -0.497 e. The fourth-order valence-electron chi connectivity index (χ4n) is 3.23. The molecule has 8 nitrogen and oxygen atoms in total. The van der Waals surface area contributed by atoms with Crippen molar-refractivity contribution in [2.24, 2.45) is 5.14 Å². The Morgan fingerprint density at radius 2 is 1.61 bits per heavy atom. The summed E-state index contributed by atoms with van der Waals surface area (Å²) in [6.07, 6.45) is 0.509. The van der Waals surface area contributed by atoms with Crippen molar-refractivity contribution in [3.8, 4) is 17.2 Å². The zero-order chi connectivity index (χ0) is 20.5. The third-order valence-corrected chi connectivity index (χ3v) is 5.62. The summed E-state index contributed by atoms with van der Waals surface area (Å²) >= 11 is 0. The quantitative estimate of drug-likeness (QED) is 0.807. The Balaban J connectivity index is 1.92. The van der Waals surface area contributed by atoms with E-state index in [9.17, 15) is 13.2 Å². The van der Waals surface area contributed by atoms with Crippen LogP contribution in [0.15, 0.2) is 35.2 Å². The van der Waals surface area contributed by atoms with Gasteiger partial charge in [0.2, 0.25) is 10.0 Å². The fraction of sp³-hybridized carbons (Fsp3) is 0.316. The second-order valence-corrected chi connectivity index (χ2v) is 7.92. The molecule has 150 valence electrons. The van der Waals surface area contributed by atoms with Crippen LogP contribution in [0.3, 0.4) is 0 Å². The van der Waals surface area contributed by atoms with Crippen molar-refractivity contribution in [2.45, 2.75) is 17.9 Å². The van der Waals surface area contributed by atoms with Crippen LogP contribution in [0.5, 0.6) is 17.2 Å². The van der Waals surface area contributed by atoms with E-state index in [4.69, 9.17) is 19.3 Å². The lowest BCUT2D eigenvalue weighted by Gasteiger charge is -2.30. The van der Waals surface area contributed by atoms with Gasteiger partial charge >= 0.3 is 0 Å². The molecule has 0 aliphatic carbocycles. The lowest BCUT2D eigenvalue weighted by Crippen LogP contribution is -2.36. The van der Waals surface area contributed by atoms with Crippen molar-refractivity contribution in [3.05, 3.63) is 47.0 Å². The Bertz CT molecular complexity index is 997. The molecule has 2 N–H and O–H groups in total. The van der Waals surface area contributed by atoms with Crippen LogP contribution in [0.1, 0.15) is 21.5 Å². The van der Waals surface area contributed by atoms with Gasteiger partial charge in [0.15, 0.2) is 0 Å². The standard InChI is InChI=1S/C19H22N2O6S/c1-25-15-6-13(7-16(10-15)26-2)19(22)21-5-4-12-9-18(28(20,23)24)17(27-3)8-14(12)11-21/h6-10H,4-5,11H2,1-3H3,(H2,20,23,24). The highest BCUT2D eigenvalue weighted by molar-refractivity contribution is 7.89. The Hall–Kier alpha value is -2.78. The molecule has 1 heterocycles. The van der Waals surface area contributed by atoms with E-state index in [0.717, 1.165) is 11.1 Å².